The molecule has 104 valence electrons. The number of rotatable bonds is 2. The highest BCUT2D eigenvalue weighted by Gasteiger charge is 2.22. The maximum absolute atomic E-state index is 12.1. The van der Waals surface area contributed by atoms with Gasteiger partial charge in [-0.05, 0) is 38.1 Å². The molecule has 0 saturated carbocycles. The summed E-state index contributed by atoms with van der Waals surface area (Å²) < 4.78 is 0. The van der Waals surface area contributed by atoms with Crippen LogP contribution >= 0.6 is 0 Å². The third-order valence-corrected chi connectivity index (χ3v) is 4.30. The molecule has 2 fully saturated rings. The minimum absolute atomic E-state index is 0.136. The number of carbonyl (C=O) groups is 1. The van der Waals surface area contributed by atoms with Gasteiger partial charge in [-0.25, -0.2) is 4.79 Å². The second-order valence-corrected chi connectivity index (χ2v) is 5.77. The summed E-state index contributed by atoms with van der Waals surface area (Å²) in [6.45, 7) is 6.00. The standard InChI is InChI=1S/C14H27N3O/c1-12-7-6-8-15-13(12)11-16-14(18)17-9-4-2-3-5-10-17/h12-13,15H,2-11H2,1H3,(H,16,18). The average molecular weight is 253 g/mol. The van der Waals surface area contributed by atoms with Gasteiger partial charge in [-0.1, -0.05) is 19.8 Å². The van der Waals surface area contributed by atoms with Crippen LogP contribution in [0.4, 0.5) is 4.79 Å². The molecule has 0 bridgehead atoms. The van der Waals surface area contributed by atoms with Crippen LogP contribution in [0.2, 0.25) is 0 Å². The van der Waals surface area contributed by atoms with E-state index in [1.165, 1.54) is 25.7 Å². The van der Waals surface area contributed by atoms with Crippen molar-refractivity contribution in [3.63, 3.8) is 0 Å². The number of hydrogen-bond donors (Lipinski definition) is 2. The summed E-state index contributed by atoms with van der Waals surface area (Å²) >= 11 is 0. The first kappa shape index (κ1) is 13.7. The van der Waals surface area contributed by atoms with Gasteiger partial charge < -0.3 is 15.5 Å². The lowest BCUT2D eigenvalue weighted by molar-refractivity contribution is 0.195. The van der Waals surface area contributed by atoms with E-state index in [9.17, 15) is 4.79 Å². The van der Waals surface area contributed by atoms with Gasteiger partial charge in [0, 0.05) is 25.7 Å². The van der Waals surface area contributed by atoms with Gasteiger partial charge in [0.2, 0.25) is 0 Å². The molecule has 2 saturated heterocycles. The molecular weight excluding hydrogens is 226 g/mol. The van der Waals surface area contributed by atoms with Crippen molar-refractivity contribution < 1.29 is 4.79 Å². The van der Waals surface area contributed by atoms with Gasteiger partial charge >= 0.3 is 6.03 Å². The van der Waals surface area contributed by atoms with Crippen molar-refractivity contribution in [1.82, 2.24) is 15.5 Å². The summed E-state index contributed by atoms with van der Waals surface area (Å²) in [6.07, 6.45) is 7.39. The third-order valence-electron chi connectivity index (χ3n) is 4.30. The van der Waals surface area contributed by atoms with Crippen LogP contribution in [-0.4, -0.2) is 43.2 Å². The van der Waals surface area contributed by atoms with Crippen LogP contribution in [0.15, 0.2) is 0 Å². The first-order valence-electron chi connectivity index (χ1n) is 7.53. The highest BCUT2D eigenvalue weighted by atomic mass is 16.2. The van der Waals surface area contributed by atoms with E-state index in [1.807, 2.05) is 4.90 Å². The summed E-state index contributed by atoms with van der Waals surface area (Å²) in [5.41, 5.74) is 0. The molecule has 0 radical (unpaired) electrons. The Morgan fingerprint density at radius 3 is 2.61 bits per heavy atom. The van der Waals surface area contributed by atoms with E-state index in [4.69, 9.17) is 0 Å². The quantitative estimate of drug-likeness (QED) is 0.790. The van der Waals surface area contributed by atoms with Gasteiger partial charge in [-0.3, -0.25) is 0 Å². The van der Waals surface area contributed by atoms with Gasteiger partial charge in [0.15, 0.2) is 0 Å². The van der Waals surface area contributed by atoms with E-state index in [2.05, 4.69) is 17.6 Å². The monoisotopic (exact) mass is 253 g/mol. The summed E-state index contributed by atoms with van der Waals surface area (Å²) in [5, 5.41) is 6.61. The number of urea groups is 1. The van der Waals surface area contributed by atoms with E-state index in [0.29, 0.717) is 12.0 Å². The fourth-order valence-electron chi connectivity index (χ4n) is 2.97. The number of piperidine rings is 1. The Hall–Kier alpha value is -0.770. The van der Waals surface area contributed by atoms with Crippen molar-refractivity contribution in [1.29, 1.82) is 0 Å². The normalized spacial score (nSPS) is 29.7. The second-order valence-electron chi connectivity index (χ2n) is 5.77. The molecular formula is C14H27N3O. The molecule has 2 aliphatic rings. The third kappa shape index (κ3) is 3.87. The van der Waals surface area contributed by atoms with Gasteiger partial charge in [0.1, 0.15) is 0 Å². The summed E-state index contributed by atoms with van der Waals surface area (Å²) in [6, 6.07) is 0.589. The smallest absolute Gasteiger partial charge is 0.317 e. The van der Waals surface area contributed by atoms with Crippen molar-refractivity contribution in [3.05, 3.63) is 0 Å². The molecule has 4 heteroatoms. The number of carbonyl (C=O) groups excluding carboxylic acids is 1. The summed E-state index contributed by atoms with van der Waals surface area (Å²) in [5.74, 6) is 0.670. The molecule has 2 amide bonds. The van der Waals surface area contributed by atoms with Gasteiger partial charge in [0.25, 0.3) is 0 Å². The molecule has 0 aromatic rings. The fourth-order valence-corrected chi connectivity index (χ4v) is 2.97. The molecule has 0 aromatic carbocycles. The lowest BCUT2D eigenvalue weighted by Gasteiger charge is -2.31. The molecule has 2 heterocycles. The van der Waals surface area contributed by atoms with Crippen molar-refractivity contribution in [2.75, 3.05) is 26.2 Å². The largest absolute Gasteiger partial charge is 0.336 e. The van der Waals surface area contributed by atoms with Crippen molar-refractivity contribution in [2.24, 2.45) is 5.92 Å². The highest BCUT2D eigenvalue weighted by molar-refractivity contribution is 5.74. The number of nitrogens with zero attached hydrogens (tertiary/aromatic N) is 1. The lowest BCUT2D eigenvalue weighted by atomic mass is 9.93. The van der Waals surface area contributed by atoms with E-state index in [0.717, 1.165) is 39.0 Å². The maximum Gasteiger partial charge on any atom is 0.317 e. The van der Waals surface area contributed by atoms with Crippen molar-refractivity contribution in [3.8, 4) is 0 Å². The molecule has 0 aliphatic carbocycles. The Morgan fingerprint density at radius 2 is 1.94 bits per heavy atom. The van der Waals surface area contributed by atoms with Crippen LogP contribution in [-0.2, 0) is 0 Å². The summed E-state index contributed by atoms with van der Waals surface area (Å²) in [4.78, 5) is 14.1. The molecule has 2 aliphatic heterocycles. The second kappa shape index (κ2) is 6.98. The lowest BCUT2D eigenvalue weighted by Crippen LogP contribution is -2.50. The molecule has 0 spiro atoms. The SMILES string of the molecule is CC1CCCNC1CNC(=O)N1CCCCCC1. The molecule has 2 unspecified atom stereocenters. The first-order valence-corrected chi connectivity index (χ1v) is 7.53. The summed E-state index contributed by atoms with van der Waals surface area (Å²) in [7, 11) is 0. The molecule has 2 atom stereocenters. The van der Waals surface area contributed by atoms with Crippen molar-refractivity contribution in [2.45, 2.75) is 51.5 Å². The molecule has 2 rings (SSSR count). The van der Waals surface area contributed by atoms with Crippen LogP contribution < -0.4 is 10.6 Å². The highest BCUT2D eigenvalue weighted by Crippen LogP contribution is 2.15. The molecule has 2 N–H and O–H groups in total. The number of likely N-dealkylation sites (tertiary alicyclic amines) is 1. The zero-order valence-electron chi connectivity index (χ0n) is 11.6. The molecule has 18 heavy (non-hydrogen) atoms. The van der Waals surface area contributed by atoms with E-state index < -0.39 is 0 Å². The Kier molecular flexibility index (Phi) is 5.29. The minimum Gasteiger partial charge on any atom is -0.336 e. The van der Waals surface area contributed by atoms with Gasteiger partial charge in [-0.15, -0.1) is 0 Å². The molecule has 0 aromatic heterocycles. The van der Waals surface area contributed by atoms with Gasteiger partial charge in [0.05, 0.1) is 0 Å². The van der Waals surface area contributed by atoms with Crippen LogP contribution in [0.25, 0.3) is 0 Å². The van der Waals surface area contributed by atoms with Crippen LogP contribution in [0.5, 0.6) is 0 Å². The van der Waals surface area contributed by atoms with Crippen LogP contribution in [0.3, 0.4) is 0 Å². The van der Waals surface area contributed by atoms with Crippen LogP contribution in [0, 0.1) is 5.92 Å². The zero-order valence-corrected chi connectivity index (χ0v) is 11.6. The van der Waals surface area contributed by atoms with Gasteiger partial charge in [-0.2, -0.15) is 0 Å². The molecule has 4 nitrogen and oxygen atoms in total. The Labute approximate surface area is 110 Å². The van der Waals surface area contributed by atoms with E-state index >= 15 is 0 Å². The average Bonchev–Trinajstić information content (AvgIpc) is 2.66. The number of amides is 2. The topological polar surface area (TPSA) is 44.4 Å². The van der Waals surface area contributed by atoms with E-state index in [1.54, 1.807) is 0 Å². The van der Waals surface area contributed by atoms with Crippen LogP contribution in [0.1, 0.15) is 45.4 Å². The minimum atomic E-state index is 0.136. The Balaban J connectivity index is 1.72. The van der Waals surface area contributed by atoms with E-state index in [-0.39, 0.29) is 6.03 Å². The number of nitrogens with one attached hydrogen (secondary N) is 2. The Bertz CT molecular complexity index is 262. The predicted octanol–water partition coefficient (Wildman–Crippen LogP) is 1.96. The zero-order chi connectivity index (χ0) is 12.8. The first-order chi connectivity index (χ1) is 8.77. The Morgan fingerprint density at radius 1 is 1.22 bits per heavy atom. The maximum atomic E-state index is 12.1. The van der Waals surface area contributed by atoms with Crippen molar-refractivity contribution >= 4 is 6.03 Å². The predicted molar refractivity (Wildman–Crippen MR) is 73.6 cm³/mol. The fraction of sp³-hybridized carbons (Fsp3) is 0.929. The number of hydrogen-bond acceptors (Lipinski definition) is 2.